The number of nitrogens with zero attached hydrogens (tertiary/aromatic N) is 1. The van der Waals surface area contributed by atoms with Crippen molar-refractivity contribution in [3.05, 3.63) is 29.6 Å². The molecule has 0 bridgehead atoms. The van der Waals surface area contributed by atoms with E-state index in [-0.39, 0.29) is 11.9 Å². The number of rotatable bonds is 5. The second-order valence-electron chi connectivity index (χ2n) is 4.74. The predicted molar refractivity (Wildman–Crippen MR) is 71.9 cm³/mol. The second kappa shape index (κ2) is 6.84. The number of morpholine rings is 1. The minimum absolute atomic E-state index is 0.193. The first-order valence-corrected chi connectivity index (χ1v) is 6.54. The van der Waals surface area contributed by atoms with Gasteiger partial charge in [-0.3, -0.25) is 4.90 Å². The topological polar surface area (TPSA) is 33.7 Å². The van der Waals surface area contributed by atoms with Gasteiger partial charge in [0.25, 0.3) is 0 Å². The normalized spacial score (nSPS) is 20.5. The molecule has 1 aromatic carbocycles. The zero-order chi connectivity index (χ0) is 13.7. The second-order valence-corrected chi connectivity index (χ2v) is 4.74. The maximum Gasteiger partial charge on any atom is 0.123 e. The fourth-order valence-electron chi connectivity index (χ4n) is 2.39. The number of ether oxygens (including phenoxy) is 2. The number of nitrogens with one attached hydrogen (secondary N) is 1. The average Bonchev–Trinajstić information content (AvgIpc) is 2.40. The van der Waals surface area contributed by atoms with E-state index in [1.54, 1.807) is 19.2 Å². The number of benzene rings is 1. The first-order valence-electron chi connectivity index (χ1n) is 6.54. The van der Waals surface area contributed by atoms with E-state index >= 15 is 0 Å². The molecule has 0 spiro atoms. The Kier molecular flexibility index (Phi) is 5.13. The Morgan fingerprint density at radius 1 is 1.53 bits per heavy atom. The van der Waals surface area contributed by atoms with Crippen molar-refractivity contribution in [2.24, 2.45) is 0 Å². The lowest BCUT2D eigenvalue weighted by Gasteiger charge is -2.33. The molecule has 0 radical (unpaired) electrons. The van der Waals surface area contributed by atoms with Gasteiger partial charge in [-0.25, -0.2) is 4.39 Å². The van der Waals surface area contributed by atoms with E-state index in [1.165, 1.54) is 6.07 Å². The molecule has 1 heterocycles. The summed E-state index contributed by atoms with van der Waals surface area (Å²) < 4.78 is 24.3. The van der Waals surface area contributed by atoms with Gasteiger partial charge < -0.3 is 14.8 Å². The van der Waals surface area contributed by atoms with Gasteiger partial charge in [-0.15, -0.1) is 0 Å². The van der Waals surface area contributed by atoms with Crippen LogP contribution < -0.4 is 10.1 Å². The van der Waals surface area contributed by atoms with Crippen LogP contribution in [0.1, 0.15) is 5.56 Å². The molecule has 0 amide bonds. The number of methoxy groups -OCH3 is 1. The summed E-state index contributed by atoms with van der Waals surface area (Å²) in [7, 11) is 3.53. The molecule has 0 aromatic heterocycles. The predicted octanol–water partition coefficient (Wildman–Crippen LogP) is 1.25. The van der Waals surface area contributed by atoms with Crippen LogP contribution in [-0.4, -0.2) is 51.4 Å². The molecule has 5 heteroatoms. The minimum Gasteiger partial charge on any atom is -0.496 e. The summed E-state index contributed by atoms with van der Waals surface area (Å²) in [6.07, 6.45) is 0.193. The van der Waals surface area contributed by atoms with Gasteiger partial charge in [-0.05, 0) is 25.2 Å². The van der Waals surface area contributed by atoms with Crippen molar-refractivity contribution < 1.29 is 13.9 Å². The molecule has 1 aliphatic heterocycles. The molecule has 2 rings (SSSR count). The summed E-state index contributed by atoms with van der Waals surface area (Å²) in [4.78, 5) is 2.27. The number of hydrogen-bond donors (Lipinski definition) is 1. The molecular formula is C14H21FN2O2. The summed E-state index contributed by atoms with van der Waals surface area (Å²) in [5.74, 6) is 0.508. The number of likely N-dealkylation sites (N-methyl/N-ethyl adjacent to an activating group) is 1. The summed E-state index contributed by atoms with van der Waals surface area (Å²) in [5.41, 5.74) is 0.882. The molecule has 0 aliphatic carbocycles. The van der Waals surface area contributed by atoms with Crippen molar-refractivity contribution in [2.45, 2.75) is 12.6 Å². The molecule has 0 saturated carbocycles. The van der Waals surface area contributed by atoms with Gasteiger partial charge in [0, 0.05) is 31.7 Å². The molecule has 19 heavy (non-hydrogen) atoms. The Morgan fingerprint density at radius 2 is 2.37 bits per heavy atom. The summed E-state index contributed by atoms with van der Waals surface area (Å²) in [5, 5.41) is 3.12. The van der Waals surface area contributed by atoms with Crippen LogP contribution in [0, 0.1) is 5.82 Å². The lowest BCUT2D eigenvalue weighted by molar-refractivity contribution is -0.0293. The van der Waals surface area contributed by atoms with E-state index in [1.807, 2.05) is 7.05 Å². The number of halogens is 1. The molecular weight excluding hydrogens is 247 g/mol. The molecule has 1 fully saturated rings. The van der Waals surface area contributed by atoms with Crippen LogP contribution in [0.5, 0.6) is 5.75 Å². The largest absolute Gasteiger partial charge is 0.496 e. The number of hydrogen-bond acceptors (Lipinski definition) is 4. The monoisotopic (exact) mass is 268 g/mol. The van der Waals surface area contributed by atoms with Crippen molar-refractivity contribution in [3.63, 3.8) is 0 Å². The molecule has 106 valence electrons. The van der Waals surface area contributed by atoms with Gasteiger partial charge in [0.05, 0.1) is 19.8 Å². The quantitative estimate of drug-likeness (QED) is 0.871. The molecule has 1 aliphatic rings. The third kappa shape index (κ3) is 3.89. The first-order chi connectivity index (χ1) is 9.22. The van der Waals surface area contributed by atoms with Crippen molar-refractivity contribution >= 4 is 0 Å². The standard InChI is InChI=1S/C14H21FN2O2/c1-16-8-13-10-17(5-6-19-13)9-11-7-12(15)3-4-14(11)18-2/h3-4,7,13,16H,5-6,8-10H2,1-2H3. The van der Waals surface area contributed by atoms with Crippen LogP contribution in [-0.2, 0) is 11.3 Å². The van der Waals surface area contributed by atoms with Gasteiger partial charge in [0.2, 0.25) is 0 Å². The Bertz CT molecular complexity index is 412. The summed E-state index contributed by atoms with van der Waals surface area (Å²) in [6.45, 7) is 3.94. The van der Waals surface area contributed by atoms with Gasteiger partial charge in [0.1, 0.15) is 11.6 Å². The summed E-state index contributed by atoms with van der Waals surface area (Å²) >= 11 is 0. The van der Waals surface area contributed by atoms with E-state index in [0.717, 1.165) is 30.9 Å². The molecule has 1 unspecified atom stereocenters. The molecule has 1 saturated heterocycles. The van der Waals surface area contributed by atoms with Crippen LogP contribution in [0.3, 0.4) is 0 Å². The smallest absolute Gasteiger partial charge is 0.123 e. The average molecular weight is 268 g/mol. The van der Waals surface area contributed by atoms with Gasteiger partial charge >= 0.3 is 0 Å². The van der Waals surface area contributed by atoms with Crippen LogP contribution in [0.2, 0.25) is 0 Å². The maximum absolute atomic E-state index is 13.3. The van der Waals surface area contributed by atoms with E-state index in [9.17, 15) is 4.39 Å². The van der Waals surface area contributed by atoms with Crippen LogP contribution in [0.4, 0.5) is 4.39 Å². The zero-order valence-electron chi connectivity index (χ0n) is 11.5. The molecule has 1 atom stereocenters. The van der Waals surface area contributed by atoms with E-state index < -0.39 is 0 Å². The van der Waals surface area contributed by atoms with Crippen LogP contribution in [0.15, 0.2) is 18.2 Å². The van der Waals surface area contributed by atoms with Crippen molar-refractivity contribution in [3.8, 4) is 5.75 Å². The Labute approximate surface area is 113 Å². The highest BCUT2D eigenvalue weighted by atomic mass is 19.1. The van der Waals surface area contributed by atoms with Crippen molar-refractivity contribution in [1.82, 2.24) is 10.2 Å². The highest BCUT2D eigenvalue weighted by Crippen LogP contribution is 2.22. The van der Waals surface area contributed by atoms with Crippen molar-refractivity contribution in [1.29, 1.82) is 0 Å². The summed E-state index contributed by atoms with van der Waals surface area (Å²) in [6, 6.07) is 4.64. The molecule has 1 N–H and O–H groups in total. The van der Waals surface area contributed by atoms with E-state index in [4.69, 9.17) is 9.47 Å². The lowest BCUT2D eigenvalue weighted by atomic mass is 10.1. The zero-order valence-corrected chi connectivity index (χ0v) is 11.5. The van der Waals surface area contributed by atoms with Gasteiger partial charge in [0.15, 0.2) is 0 Å². The Hall–Kier alpha value is -1.17. The highest BCUT2D eigenvalue weighted by Gasteiger charge is 2.20. The third-order valence-electron chi connectivity index (χ3n) is 3.29. The molecule has 4 nitrogen and oxygen atoms in total. The SMILES string of the molecule is CNCC1CN(Cc2cc(F)ccc2OC)CCO1. The van der Waals surface area contributed by atoms with E-state index in [0.29, 0.717) is 13.2 Å². The van der Waals surface area contributed by atoms with Crippen LogP contribution >= 0.6 is 0 Å². The highest BCUT2D eigenvalue weighted by molar-refractivity contribution is 5.33. The van der Waals surface area contributed by atoms with Gasteiger partial charge in [-0.2, -0.15) is 0 Å². The fourth-order valence-corrected chi connectivity index (χ4v) is 2.39. The Balaban J connectivity index is 2.01. The fraction of sp³-hybridized carbons (Fsp3) is 0.571. The Morgan fingerprint density at radius 3 is 3.11 bits per heavy atom. The lowest BCUT2D eigenvalue weighted by Crippen LogP contribution is -2.45. The third-order valence-corrected chi connectivity index (χ3v) is 3.29. The minimum atomic E-state index is -0.226. The van der Waals surface area contributed by atoms with E-state index in [2.05, 4.69) is 10.2 Å². The first kappa shape index (κ1) is 14.2. The molecule has 1 aromatic rings. The van der Waals surface area contributed by atoms with Crippen molar-refractivity contribution in [2.75, 3.05) is 40.4 Å². The van der Waals surface area contributed by atoms with Gasteiger partial charge in [-0.1, -0.05) is 0 Å². The maximum atomic E-state index is 13.3. The van der Waals surface area contributed by atoms with Crippen LogP contribution in [0.25, 0.3) is 0 Å².